The minimum absolute atomic E-state index is 0.0422. The molecule has 0 saturated heterocycles. The topological polar surface area (TPSA) is 79.7 Å². The summed E-state index contributed by atoms with van der Waals surface area (Å²) in [6.07, 6.45) is 4.43. The number of carboxylic acids is 1. The zero-order chi connectivity index (χ0) is 16.2. The molecule has 0 aliphatic rings. The maximum atomic E-state index is 12.2. The predicted octanol–water partition coefficient (Wildman–Crippen LogP) is 2.81. The van der Waals surface area contributed by atoms with E-state index in [1.165, 1.54) is 12.1 Å². The van der Waals surface area contributed by atoms with Crippen molar-refractivity contribution in [3.05, 3.63) is 22.8 Å². The number of rotatable bonds is 3. The molecule has 1 aromatic rings. The first-order valence-corrected chi connectivity index (χ1v) is 6.37. The van der Waals surface area contributed by atoms with Crippen LogP contribution in [0.2, 0.25) is 5.15 Å². The van der Waals surface area contributed by atoms with Gasteiger partial charge in [0.15, 0.2) is 5.82 Å². The minimum atomic E-state index is -1.25. The van der Waals surface area contributed by atoms with Gasteiger partial charge in [0.05, 0.1) is 6.54 Å². The van der Waals surface area contributed by atoms with Gasteiger partial charge in [-0.25, -0.2) is 19.5 Å². The maximum Gasteiger partial charge on any atom is 0.416 e. The van der Waals surface area contributed by atoms with Crippen LogP contribution in [0.3, 0.4) is 0 Å². The Labute approximate surface area is 127 Å². The SMILES string of the molecule is C#CCN(C(=O)OC(C)(C)C)c1nc(Cl)ccc1C(=O)O. The van der Waals surface area contributed by atoms with Crippen molar-refractivity contribution >= 4 is 29.5 Å². The number of carbonyl (C=O) groups excluding carboxylic acids is 1. The molecule has 0 atom stereocenters. The van der Waals surface area contributed by atoms with Crippen molar-refractivity contribution in [3.63, 3.8) is 0 Å². The van der Waals surface area contributed by atoms with Gasteiger partial charge in [-0.1, -0.05) is 17.5 Å². The molecule has 0 aromatic carbocycles. The van der Waals surface area contributed by atoms with Crippen molar-refractivity contribution < 1.29 is 19.4 Å². The van der Waals surface area contributed by atoms with E-state index >= 15 is 0 Å². The molecule has 1 N–H and O–H groups in total. The van der Waals surface area contributed by atoms with Crippen LogP contribution in [-0.4, -0.2) is 34.3 Å². The number of aromatic carboxylic acids is 1. The molecule has 0 fully saturated rings. The number of terminal acetylenes is 1. The van der Waals surface area contributed by atoms with Gasteiger partial charge in [0.2, 0.25) is 0 Å². The van der Waals surface area contributed by atoms with Gasteiger partial charge in [-0.05, 0) is 32.9 Å². The largest absolute Gasteiger partial charge is 0.478 e. The van der Waals surface area contributed by atoms with Gasteiger partial charge in [0.25, 0.3) is 0 Å². The Morgan fingerprint density at radius 3 is 2.57 bits per heavy atom. The number of amides is 1. The average Bonchev–Trinajstić information content (AvgIpc) is 2.33. The quantitative estimate of drug-likeness (QED) is 0.686. The van der Waals surface area contributed by atoms with Crippen LogP contribution in [0.4, 0.5) is 10.6 Å². The first kappa shape index (κ1) is 16.8. The van der Waals surface area contributed by atoms with E-state index in [0.717, 1.165) is 4.90 Å². The highest BCUT2D eigenvalue weighted by atomic mass is 35.5. The van der Waals surface area contributed by atoms with Gasteiger partial charge in [-0.15, -0.1) is 6.42 Å². The summed E-state index contributed by atoms with van der Waals surface area (Å²) in [6.45, 7) is 4.86. The molecule has 1 heterocycles. The Kier molecular flexibility index (Phi) is 5.17. The summed E-state index contributed by atoms with van der Waals surface area (Å²) < 4.78 is 5.20. The van der Waals surface area contributed by atoms with Gasteiger partial charge in [0, 0.05) is 0 Å². The molecule has 0 saturated carbocycles. The van der Waals surface area contributed by atoms with E-state index in [1.54, 1.807) is 20.8 Å². The first-order valence-electron chi connectivity index (χ1n) is 5.99. The van der Waals surface area contributed by atoms with E-state index in [1.807, 2.05) is 0 Å². The zero-order valence-electron chi connectivity index (χ0n) is 11.9. The van der Waals surface area contributed by atoms with Gasteiger partial charge < -0.3 is 9.84 Å². The first-order chi connectivity index (χ1) is 9.65. The van der Waals surface area contributed by atoms with Crippen molar-refractivity contribution in [3.8, 4) is 12.3 Å². The fourth-order valence-corrected chi connectivity index (χ4v) is 1.58. The molecule has 0 aliphatic heterocycles. The molecule has 0 spiro atoms. The number of pyridine rings is 1. The lowest BCUT2D eigenvalue weighted by Crippen LogP contribution is -2.38. The molecule has 6 nitrogen and oxygen atoms in total. The van der Waals surface area contributed by atoms with E-state index in [0.29, 0.717) is 0 Å². The third-order valence-electron chi connectivity index (χ3n) is 2.19. The van der Waals surface area contributed by atoms with Crippen molar-refractivity contribution in [2.24, 2.45) is 0 Å². The summed E-state index contributed by atoms with van der Waals surface area (Å²) in [7, 11) is 0. The Balaban J connectivity index is 3.29. The fraction of sp³-hybridized carbons (Fsp3) is 0.357. The highest BCUT2D eigenvalue weighted by Crippen LogP contribution is 2.23. The molecule has 0 bridgehead atoms. The lowest BCUT2D eigenvalue weighted by Gasteiger charge is -2.26. The second-order valence-corrected chi connectivity index (χ2v) is 5.47. The highest BCUT2D eigenvalue weighted by Gasteiger charge is 2.27. The number of carbonyl (C=O) groups is 2. The molecule has 21 heavy (non-hydrogen) atoms. The summed E-state index contributed by atoms with van der Waals surface area (Å²) in [5, 5.41) is 9.22. The number of halogens is 1. The maximum absolute atomic E-state index is 12.2. The summed E-state index contributed by atoms with van der Waals surface area (Å²) >= 11 is 5.77. The number of hydrogen-bond acceptors (Lipinski definition) is 4. The summed E-state index contributed by atoms with van der Waals surface area (Å²) in [5.74, 6) is 0.867. The van der Waals surface area contributed by atoms with Crippen molar-refractivity contribution in [2.45, 2.75) is 26.4 Å². The molecule has 1 rings (SSSR count). The molecule has 0 unspecified atom stereocenters. The molecular weight excluding hydrogens is 296 g/mol. The molecule has 7 heteroatoms. The predicted molar refractivity (Wildman–Crippen MR) is 78.6 cm³/mol. The van der Waals surface area contributed by atoms with E-state index in [9.17, 15) is 14.7 Å². The number of nitrogens with zero attached hydrogens (tertiary/aromatic N) is 2. The third-order valence-corrected chi connectivity index (χ3v) is 2.40. The molecule has 112 valence electrons. The Bertz CT molecular complexity index is 602. The van der Waals surface area contributed by atoms with Crippen LogP contribution in [0.15, 0.2) is 12.1 Å². The molecule has 1 aromatic heterocycles. The van der Waals surface area contributed by atoms with Crippen LogP contribution < -0.4 is 4.90 Å². The number of ether oxygens (including phenoxy) is 1. The van der Waals surface area contributed by atoms with Crippen molar-refractivity contribution in [2.75, 3.05) is 11.4 Å². The van der Waals surface area contributed by atoms with E-state index in [2.05, 4.69) is 10.9 Å². The van der Waals surface area contributed by atoms with Gasteiger partial charge in [-0.2, -0.15) is 0 Å². The van der Waals surface area contributed by atoms with Crippen molar-refractivity contribution in [1.29, 1.82) is 0 Å². The van der Waals surface area contributed by atoms with Gasteiger partial charge >= 0.3 is 12.1 Å². The zero-order valence-corrected chi connectivity index (χ0v) is 12.6. The lowest BCUT2D eigenvalue weighted by atomic mass is 10.2. The van der Waals surface area contributed by atoms with Gasteiger partial charge in [-0.3, -0.25) is 0 Å². The highest BCUT2D eigenvalue weighted by molar-refractivity contribution is 6.29. The number of hydrogen-bond donors (Lipinski definition) is 1. The summed E-state index contributed by atoms with van der Waals surface area (Å²) in [5.41, 5.74) is -0.952. The second kappa shape index (κ2) is 6.46. The molecule has 1 amide bonds. The standard InChI is InChI=1S/C14H15ClN2O4/c1-5-8-17(13(20)21-14(2,3)4)11-9(12(18)19)6-7-10(15)16-11/h1,6-7H,8H2,2-4H3,(H,18,19). The van der Waals surface area contributed by atoms with Crippen LogP contribution in [0.1, 0.15) is 31.1 Å². The fourth-order valence-electron chi connectivity index (χ4n) is 1.43. The Morgan fingerprint density at radius 2 is 2.10 bits per heavy atom. The number of aromatic nitrogens is 1. The number of carboxylic acid groups (broad SMARTS) is 1. The van der Waals surface area contributed by atoms with Crippen LogP contribution in [0, 0.1) is 12.3 Å². The average molecular weight is 311 g/mol. The van der Waals surface area contributed by atoms with Gasteiger partial charge in [0.1, 0.15) is 16.3 Å². The third kappa shape index (κ3) is 4.65. The Hall–Kier alpha value is -2.26. The lowest BCUT2D eigenvalue weighted by molar-refractivity contribution is 0.0584. The summed E-state index contributed by atoms with van der Waals surface area (Å²) in [6, 6.07) is 2.57. The molecule has 0 radical (unpaired) electrons. The number of anilines is 1. The molecule has 0 aliphatic carbocycles. The van der Waals surface area contributed by atoms with Crippen LogP contribution in [0.25, 0.3) is 0 Å². The van der Waals surface area contributed by atoms with E-state index in [-0.39, 0.29) is 23.1 Å². The second-order valence-electron chi connectivity index (χ2n) is 5.08. The van der Waals surface area contributed by atoms with Crippen LogP contribution in [-0.2, 0) is 4.74 Å². The van der Waals surface area contributed by atoms with E-state index < -0.39 is 17.7 Å². The minimum Gasteiger partial charge on any atom is -0.478 e. The van der Waals surface area contributed by atoms with Crippen molar-refractivity contribution in [1.82, 2.24) is 4.98 Å². The monoisotopic (exact) mass is 310 g/mol. The van der Waals surface area contributed by atoms with Crippen LogP contribution >= 0.6 is 11.6 Å². The van der Waals surface area contributed by atoms with Crippen LogP contribution in [0.5, 0.6) is 0 Å². The summed E-state index contributed by atoms with van der Waals surface area (Å²) in [4.78, 5) is 28.2. The molecular formula is C14H15ClN2O4. The smallest absolute Gasteiger partial charge is 0.416 e. The van der Waals surface area contributed by atoms with E-state index in [4.69, 9.17) is 22.8 Å². The normalized spacial score (nSPS) is 10.6. The Morgan fingerprint density at radius 1 is 1.48 bits per heavy atom.